The Hall–Kier alpha value is -0.570. The highest BCUT2D eigenvalue weighted by Crippen LogP contribution is 2.47. The summed E-state index contributed by atoms with van der Waals surface area (Å²) in [6.45, 7) is 5.99. The van der Waals surface area contributed by atoms with E-state index >= 15 is 0 Å². The second-order valence-electron chi connectivity index (χ2n) is 5.90. The Morgan fingerprint density at radius 1 is 1.35 bits per heavy atom. The summed E-state index contributed by atoms with van der Waals surface area (Å²) < 4.78 is 0. The predicted octanol–water partition coefficient (Wildman–Crippen LogP) is 1.93. The van der Waals surface area contributed by atoms with Crippen LogP contribution in [0.25, 0.3) is 0 Å². The Kier molecular flexibility index (Phi) is 4.43. The molecular formula is C14H26N2O. The van der Waals surface area contributed by atoms with Crippen LogP contribution in [0.15, 0.2) is 0 Å². The van der Waals surface area contributed by atoms with Crippen LogP contribution in [0.2, 0.25) is 0 Å². The van der Waals surface area contributed by atoms with Crippen molar-refractivity contribution in [2.75, 3.05) is 13.1 Å². The van der Waals surface area contributed by atoms with Crippen molar-refractivity contribution < 1.29 is 4.79 Å². The summed E-state index contributed by atoms with van der Waals surface area (Å²) in [6.07, 6.45) is 6.22. The fourth-order valence-electron chi connectivity index (χ4n) is 3.64. The van der Waals surface area contributed by atoms with Crippen molar-refractivity contribution in [1.82, 2.24) is 10.6 Å². The summed E-state index contributed by atoms with van der Waals surface area (Å²) in [4.78, 5) is 11.7. The van der Waals surface area contributed by atoms with Gasteiger partial charge >= 0.3 is 0 Å². The van der Waals surface area contributed by atoms with Crippen molar-refractivity contribution in [1.29, 1.82) is 0 Å². The number of hydrogen-bond donors (Lipinski definition) is 2. The van der Waals surface area contributed by atoms with Crippen LogP contribution in [0.4, 0.5) is 0 Å². The van der Waals surface area contributed by atoms with Crippen molar-refractivity contribution >= 4 is 5.91 Å². The Labute approximate surface area is 105 Å². The molecule has 2 aliphatic rings. The lowest BCUT2D eigenvalue weighted by Gasteiger charge is -2.22. The summed E-state index contributed by atoms with van der Waals surface area (Å²) >= 11 is 0. The van der Waals surface area contributed by atoms with Crippen LogP contribution >= 0.6 is 0 Å². The molecule has 98 valence electrons. The number of fused-ring (bicyclic) bond motifs is 2. The van der Waals surface area contributed by atoms with Crippen molar-refractivity contribution in [2.45, 2.75) is 52.0 Å². The van der Waals surface area contributed by atoms with Gasteiger partial charge in [0, 0.05) is 19.0 Å². The lowest BCUT2D eigenvalue weighted by Crippen LogP contribution is -2.36. The molecule has 1 amide bonds. The van der Waals surface area contributed by atoms with Gasteiger partial charge in [-0.15, -0.1) is 0 Å². The second kappa shape index (κ2) is 5.85. The van der Waals surface area contributed by atoms with Gasteiger partial charge in [-0.05, 0) is 50.5 Å². The van der Waals surface area contributed by atoms with E-state index in [9.17, 15) is 4.79 Å². The molecule has 0 heterocycles. The first-order chi connectivity index (χ1) is 8.19. The van der Waals surface area contributed by atoms with Crippen molar-refractivity contribution in [3.8, 4) is 0 Å². The van der Waals surface area contributed by atoms with Crippen LogP contribution in [0.1, 0.15) is 46.0 Å². The third-order valence-corrected chi connectivity index (χ3v) is 4.49. The quantitative estimate of drug-likeness (QED) is 0.742. The van der Waals surface area contributed by atoms with Gasteiger partial charge in [-0.1, -0.05) is 13.3 Å². The van der Waals surface area contributed by atoms with Gasteiger partial charge in [0.1, 0.15) is 0 Å². The van der Waals surface area contributed by atoms with E-state index < -0.39 is 0 Å². The topological polar surface area (TPSA) is 41.1 Å². The fourth-order valence-corrected chi connectivity index (χ4v) is 3.64. The van der Waals surface area contributed by atoms with Crippen molar-refractivity contribution in [3.63, 3.8) is 0 Å². The van der Waals surface area contributed by atoms with E-state index in [1.165, 1.54) is 25.7 Å². The fraction of sp³-hybridized carbons (Fsp3) is 0.929. The van der Waals surface area contributed by atoms with E-state index in [1.807, 2.05) is 0 Å². The molecule has 2 N–H and O–H groups in total. The second-order valence-corrected chi connectivity index (χ2v) is 5.90. The Morgan fingerprint density at radius 3 is 2.76 bits per heavy atom. The zero-order valence-electron chi connectivity index (χ0n) is 11.2. The summed E-state index contributed by atoms with van der Waals surface area (Å²) in [7, 11) is 0. The van der Waals surface area contributed by atoms with Gasteiger partial charge in [0.05, 0.1) is 0 Å². The Balaban J connectivity index is 1.63. The molecule has 2 fully saturated rings. The van der Waals surface area contributed by atoms with Crippen LogP contribution in [-0.4, -0.2) is 25.0 Å². The van der Waals surface area contributed by atoms with E-state index in [4.69, 9.17) is 0 Å². The van der Waals surface area contributed by atoms with Crippen molar-refractivity contribution in [2.24, 2.45) is 17.8 Å². The number of rotatable bonds is 6. The normalized spacial score (nSPS) is 32.7. The standard InChI is InChI=1S/C14H26N2O/c1-3-15-10(2)6-14(17)16-9-13-8-11-4-5-12(13)7-11/h10-13,15H,3-9H2,1-2H3,(H,16,17). The minimum atomic E-state index is 0.209. The maximum Gasteiger partial charge on any atom is 0.221 e. The lowest BCUT2D eigenvalue weighted by atomic mass is 9.89. The van der Waals surface area contributed by atoms with Crippen LogP contribution in [0.5, 0.6) is 0 Å². The number of carbonyl (C=O) groups is 1. The highest BCUT2D eigenvalue weighted by atomic mass is 16.1. The molecule has 0 aliphatic heterocycles. The highest BCUT2D eigenvalue weighted by Gasteiger charge is 2.39. The van der Waals surface area contributed by atoms with E-state index in [-0.39, 0.29) is 5.91 Å². The molecule has 0 aromatic rings. The molecular weight excluding hydrogens is 212 g/mol. The summed E-state index contributed by atoms with van der Waals surface area (Å²) in [5, 5.41) is 6.39. The Morgan fingerprint density at radius 2 is 2.18 bits per heavy atom. The minimum Gasteiger partial charge on any atom is -0.356 e. The summed E-state index contributed by atoms with van der Waals surface area (Å²) in [5.41, 5.74) is 0. The van der Waals surface area contributed by atoms with Crippen LogP contribution in [0.3, 0.4) is 0 Å². The molecule has 0 aromatic carbocycles. The highest BCUT2D eigenvalue weighted by molar-refractivity contribution is 5.76. The molecule has 4 atom stereocenters. The van der Waals surface area contributed by atoms with Gasteiger partial charge in [-0.25, -0.2) is 0 Å². The van der Waals surface area contributed by atoms with Gasteiger partial charge < -0.3 is 10.6 Å². The van der Waals surface area contributed by atoms with Gasteiger partial charge in [-0.3, -0.25) is 4.79 Å². The molecule has 0 aromatic heterocycles. The first kappa shape index (κ1) is 12.9. The zero-order chi connectivity index (χ0) is 12.3. The first-order valence-electron chi connectivity index (χ1n) is 7.19. The van der Waals surface area contributed by atoms with Gasteiger partial charge in [0.2, 0.25) is 5.91 Å². The van der Waals surface area contributed by atoms with Crippen molar-refractivity contribution in [3.05, 3.63) is 0 Å². The number of nitrogens with one attached hydrogen (secondary N) is 2. The first-order valence-corrected chi connectivity index (χ1v) is 7.19. The largest absolute Gasteiger partial charge is 0.356 e. The molecule has 0 radical (unpaired) electrons. The molecule has 2 rings (SSSR count). The molecule has 2 bridgehead atoms. The van der Waals surface area contributed by atoms with Crippen LogP contribution < -0.4 is 10.6 Å². The predicted molar refractivity (Wildman–Crippen MR) is 69.7 cm³/mol. The molecule has 2 aliphatic carbocycles. The average molecular weight is 238 g/mol. The third-order valence-electron chi connectivity index (χ3n) is 4.49. The molecule has 0 saturated heterocycles. The minimum absolute atomic E-state index is 0.209. The van der Waals surface area contributed by atoms with Crippen LogP contribution in [-0.2, 0) is 4.79 Å². The summed E-state index contributed by atoms with van der Waals surface area (Å²) in [6, 6.07) is 0.292. The van der Waals surface area contributed by atoms with E-state index in [0.717, 1.165) is 30.8 Å². The summed E-state index contributed by atoms with van der Waals surface area (Å²) in [5.74, 6) is 2.86. The van der Waals surface area contributed by atoms with E-state index in [0.29, 0.717) is 12.5 Å². The van der Waals surface area contributed by atoms with Gasteiger partial charge in [0.25, 0.3) is 0 Å². The maximum atomic E-state index is 11.7. The molecule has 2 saturated carbocycles. The molecule has 17 heavy (non-hydrogen) atoms. The Bertz CT molecular complexity index is 267. The van der Waals surface area contributed by atoms with Gasteiger partial charge in [-0.2, -0.15) is 0 Å². The molecule has 3 nitrogen and oxygen atoms in total. The monoisotopic (exact) mass is 238 g/mol. The van der Waals surface area contributed by atoms with Gasteiger partial charge in [0.15, 0.2) is 0 Å². The zero-order valence-corrected chi connectivity index (χ0v) is 11.2. The maximum absolute atomic E-state index is 11.7. The molecule has 0 spiro atoms. The van der Waals surface area contributed by atoms with Crippen LogP contribution in [0, 0.1) is 17.8 Å². The smallest absolute Gasteiger partial charge is 0.221 e. The number of amides is 1. The SMILES string of the molecule is CCNC(C)CC(=O)NCC1CC2CCC1C2. The third kappa shape index (κ3) is 3.44. The number of carbonyl (C=O) groups excluding carboxylic acids is 1. The molecule has 3 heteroatoms. The van der Waals surface area contributed by atoms with E-state index in [2.05, 4.69) is 24.5 Å². The molecule has 4 unspecified atom stereocenters. The average Bonchev–Trinajstić information content (AvgIpc) is 2.88. The van der Waals surface area contributed by atoms with E-state index in [1.54, 1.807) is 0 Å². The number of hydrogen-bond acceptors (Lipinski definition) is 2. The lowest BCUT2D eigenvalue weighted by molar-refractivity contribution is -0.121.